The fourth-order valence-electron chi connectivity index (χ4n) is 4.86. The molecular weight excluding hydrogens is 625 g/mol. The molecular formula is C28H46N7O10P. The van der Waals surface area contributed by atoms with Crippen LogP contribution in [0.25, 0.3) is 11.2 Å². The molecule has 17 nitrogen and oxygen atoms in total. The smallest absolute Gasteiger partial charge is 0.342 e. The van der Waals surface area contributed by atoms with Crippen molar-refractivity contribution in [3.8, 4) is 5.88 Å². The van der Waals surface area contributed by atoms with E-state index in [0.29, 0.717) is 0 Å². The van der Waals surface area contributed by atoms with Crippen molar-refractivity contribution in [3.63, 3.8) is 0 Å². The Morgan fingerprint density at radius 3 is 2.11 bits per heavy atom. The van der Waals surface area contributed by atoms with E-state index in [9.17, 15) is 24.4 Å². The molecule has 6 N–H and O–H groups in total. The second-order valence-electron chi connectivity index (χ2n) is 11.8. The first-order chi connectivity index (χ1) is 21.6. The number of aliphatic hydroxyl groups is 2. The number of anilines is 1. The molecule has 2 aromatic rings. The van der Waals surface area contributed by atoms with Crippen LogP contribution in [0.5, 0.6) is 5.88 Å². The molecule has 1 aliphatic rings. The van der Waals surface area contributed by atoms with Crippen LogP contribution in [0.4, 0.5) is 5.95 Å². The summed E-state index contributed by atoms with van der Waals surface area (Å²) in [5, 5.41) is 27.9. The average Bonchev–Trinajstić information content (AvgIpc) is 3.47. The highest BCUT2D eigenvalue weighted by atomic mass is 31.2. The van der Waals surface area contributed by atoms with Gasteiger partial charge in [0.1, 0.15) is 25.0 Å². The number of nitrogens with zero attached hydrogens (tertiary/aromatic N) is 4. The summed E-state index contributed by atoms with van der Waals surface area (Å²) in [6.45, 7) is 11.6. The van der Waals surface area contributed by atoms with Crippen LogP contribution in [0, 0.1) is 11.8 Å². The minimum Gasteiger partial charge on any atom is -0.506 e. The third-order valence-corrected chi connectivity index (χ3v) is 8.71. The van der Waals surface area contributed by atoms with Gasteiger partial charge in [-0.05, 0) is 45.4 Å². The second kappa shape index (κ2) is 15.4. The number of hydrogen-bond donors (Lipinski definition) is 5. The molecule has 2 aromatic heterocycles. The van der Waals surface area contributed by atoms with Crippen LogP contribution in [0.15, 0.2) is 17.8 Å². The maximum absolute atomic E-state index is 14.5. The molecule has 0 fully saturated rings. The number of nitrogen functional groups attached to an aromatic ring is 1. The van der Waals surface area contributed by atoms with Gasteiger partial charge in [0.25, 0.3) is 0 Å². The fourth-order valence-corrected chi connectivity index (χ4v) is 6.62. The van der Waals surface area contributed by atoms with E-state index in [1.54, 1.807) is 13.8 Å². The molecule has 3 heterocycles. The fraction of sp³-hybridized carbons (Fsp3) is 0.679. The number of ether oxygens (including phenoxy) is 4. The number of fused-ring (bicyclic) bond motifs is 1. The first-order valence-corrected chi connectivity index (χ1v) is 16.7. The number of nitrogens with one attached hydrogen (secondary N) is 2. The Morgan fingerprint density at radius 2 is 1.63 bits per heavy atom. The van der Waals surface area contributed by atoms with E-state index in [-0.39, 0.29) is 66.6 Å². The van der Waals surface area contributed by atoms with Crippen molar-refractivity contribution in [2.75, 3.05) is 32.7 Å². The van der Waals surface area contributed by atoms with Crippen molar-refractivity contribution in [3.05, 3.63) is 17.8 Å². The number of aliphatic hydroxyl groups excluding tert-OH is 1. The lowest BCUT2D eigenvalue weighted by Gasteiger charge is -2.29. The predicted octanol–water partition coefficient (Wildman–Crippen LogP) is 2.73. The number of carbonyl (C=O) groups is 2. The molecule has 0 aliphatic carbocycles. The number of carbonyl (C=O) groups excluding carboxylic acids is 2. The Bertz CT molecular complexity index is 1420. The van der Waals surface area contributed by atoms with Crippen LogP contribution in [0.1, 0.15) is 67.5 Å². The van der Waals surface area contributed by atoms with Gasteiger partial charge in [-0.15, -0.1) is 0 Å². The average molecular weight is 672 g/mol. The van der Waals surface area contributed by atoms with Crippen molar-refractivity contribution in [2.45, 2.75) is 85.2 Å². The molecule has 0 amide bonds. The number of hydrogen-bond acceptors (Lipinski definition) is 14. The number of aromatic nitrogens is 4. The summed E-state index contributed by atoms with van der Waals surface area (Å²) in [4.78, 5) is 38.2. The summed E-state index contributed by atoms with van der Waals surface area (Å²) in [6.07, 6.45) is 0.436. The molecule has 46 heavy (non-hydrogen) atoms. The Balaban J connectivity index is 1.96. The minimum atomic E-state index is -4.34. The lowest BCUT2D eigenvalue weighted by Crippen LogP contribution is -2.45. The third-order valence-electron chi connectivity index (χ3n) is 6.92. The summed E-state index contributed by atoms with van der Waals surface area (Å²) >= 11 is 0. The molecule has 1 unspecified atom stereocenters. The van der Waals surface area contributed by atoms with Gasteiger partial charge in [0.15, 0.2) is 28.3 Å². The molecule has 0 saturated carbocycles. The lowest BCUT2D eigenvalue weighted by molar-refractivity contribution is -0.146. The van der Waals surface area contributed by atoms with Crippen molar-refractivity contribution in [1.82, 2.24) is 29.7 Å². The highest BCUT2D eigenvalue weighted by Gasteiger charge is 2.49. The predicted molar refractivity (Wildman–Crippen MR) is 166 cm³/mol. The van der Waals surface area contributed by atoms with E-state index < -0.39 is 55.9 Å². The zero-order chi connectivity index (χ0) is 34.4. The van der Waals surface area contributed by atoms with Crippen LogP contribution in [0.2, 0.25) is 0 Å². The van der Waals surface area contributed by atoms with E-state index in [1.165, 1.54) is 24.9 Å². The number of methoxy groups -OCH3 is 1. The summed E-state index contributed by atoms with van der Waals surface area (Å²) in [5.74, 6) is -2.29. The molecule has 0 aromatic carbocycles. The zero-order valence-corrected chi connectivity index (χ0v) is 28.4. The number of imidazole rings is 1. The van der Waals surface area contributed by atoms with Gasteiger partial charge in [0, 0.05) is 0 Å². The first-order valence-electron chi connectivity index (χ1n) is 15.1. The van der Waals surface area contributed by atoms with Gasteiger partial charge >= 0.3 is 19.6 Å². The van der Waals surface area contributed by atoms with Crippen molar-refractivity contribution < 1.29 is 47.8 Å². The molecule has 0 spiro atoms. The molecule has 0 saturated heterocycles. The molecule has 258 valence electrons. The van der Waals surface area contributed by atoms with Crippen molar-refractivity contribution >= 4 is 36.7 Å². The Hall–Kier alpha value is -3.50. The molecule has 18 heteroatoms. The van der Waals surface area contributed by atoms with Crippen LogP contribution in [-0.4, -0.2) is 86.3 Å². The molecule has 0 radical (unpaired) electrons. The highest BCUT2D eigenvalue weighted by molar-refractivity contribution is 7.54. The summed E-state index contributed by atoms with van der Waals surface area (Å²) in [7, 11) is -2.96. The van der Waals surface area contributed by atoms with Gasteiger partial charge in [0.2, 0.25) is 18.1 Å². The van der Waals surface area contributed by atoms with Crippen molar-refractivity contribution in [1.29, 1.82) is 0 Å². The molecule has 1 aliphatic heterocycles. The van der Waals surface area contributed by atoms with Gasteiger partial charge in [-0.2, -0.15) is 9.97 Å². The monoisotopic (exact) mass is 671 g/mol. The van der Waals surface area contributed by atoms with Gasteiger partial charge in [-0.25, -0.2) is 15.2 Å². The van der Waals surface area contributed by atoms with Crippen LogP contribution in [0.3, 0.4) is 0 Å². The van der Waals surface area contributed by atoms with E-state index in [1.807, 2.05) is 27.7 Å². The van der Waals surface area contributed by atoms with Crippen molar-refractivity contribution in [2.24, 2.45) is 11.8 Å². The highest BCUT2D eigenvalue weighted by Crippen LogP contribution is 2.45. The standard InChI is InChI=1S/C28H46N7O10P/c1-9-42-24(37)17(11-15(3)4)33-46(40,34-18(12-16(5)6)25(38)43-10-2)44-13-19-21(36)28(7,39)26(45-19)35-14-30-20-22(35)31-27(29)32-23(20)41-8/h14-18,26,36,39H,9-13H2,1-8H3,(H2,29,31,32)(H2,33,34,40)/t17-,18-,26-,28?/m1/s1. The first kappa shape index (κ1) is 37.0. The van der Waals surface area contributed by atoms with E-state index in [2.05, 4.69) is 25.1 Å². The summed E-state index contributed by atoms with van der Waals surface area (Å²) in [5.41, 5.74) is 4.16. The normalized spacial score (nSPS) is 19.8. The summed E-state index contributed by atoms with van der Waals surface area (Å²) < 4.78 is 43.2. The minimum absolute atomic E-state index is 0.0193. The number of nitrogens with two attached hydrogens (primary N) is 1. The van der Waals surface area contributed by atoms with E-state index in [0.717, 1.165) is 0 Å². The lowest BCUT2D eigenvalue weighted by atomic mass is 10.0. The number of rotatable bonds is 17. The van der Waals surface area contributed by atoms with Crippen LogP contribution < -0.4 is 20.6 Å². The maximum Gasteiger partial charge on any atom is 0.342 e. The van der Waals surface area contributed by atoms with Crippen LogP contribution >= 0.6 is 7.67 Å². The van der Waals surface area contributed by atoms with Gasteiger partial charge in [0.05, 0.1) is 20.3 Å². The summed E-state index contributed by atoms with van der Waals surface area (Å²) in [6, 6.07) is -2.17. The van der Waals surface area contributed by atoms with Gasteiger partial charge < -0.3 is 34.9 Å². The zero-order valence-electron chi connectivity index (χ0n) is 27.5. The SMILES string of the molecule is CCOC(=O)[C@@H](CC(C)C)NP(=O)(N[C@H](CC(C)C)C(=O)OCC)OCC1=C(O)C(C)(O)[C@H](n2cnc3c(OC)nc(N)nc32)O1. The Kier molecular flexibility index (Phi) is 12.4. The Labute approximate surface area is 267 Å². The molecule has 4 atom stereocenters. The molecule has 3 rings (SSSR count). The van der Waals surface area contributed by atoms with Crippen LogP contribution in [-0.2, 0) is 32.9 Å². The van der Waals surface area contributed by atoms with E-state index in [4.69, 9.17) is 29.2 Å². The topological polar surface area (TPSA) is 232 Å². The number of esters is 2. The van der Waals surface area contributed by atoms with Gasteiger partial charge in [-0.1, -0.05) is 27.7 Å². The largest absolute Gasteiger partial charge is 0.506 e. The van der Waals surface area contributed by atoms with Gasteiger partial charge in [-0.3, -0.25) is 23.2 Å². The van der Waals surface area contributed by atoms with E-state index >= 15 is 0 Å². The molecule has 0 bridgehead atoms. The maximum atomic E-state index is 14.5. The Morgan fingerprint density at radius 1 is 1.09 bits per heavy atom. The third kappa shape index (κ3) is 8.64. The second-order valence-corrected chi connectivity index (χ2v) is 13.6. The quantitative estimate of drug-likeness (QED) is 0.120.